The van der Waals surface area contributed by atoms with Crippen molar-refractivity contribution in [1.29, 1.82) is 0 Å². The van der Waals surface area contributed by atoms with Crippen molar-refractivity contribution in [3.8, 4) is 0 Å². The van der Waals surface area contributed by atoms with Crippen molar-refractivity contribution in [2.24, 2.45) is 0 Å². The van der Waals surface area contributed by atoms with Crippen LogP contribution >= 0.6 is 0 Å². The number of benzene rings is 2. The van der Waals surface area contributed by atoms with Crippen LogP contribution in [-0.4, -0.2) is 5.78 Å². The number of carbonyl (C=O) groups excluding carboxylic acids is 1. The first-order chi connectivity index (χ1) is 12.0. The molecule has 18 N–H and O–H groups in total. The molecule has 0 amide bonds. The average Bonchev–Trinajstić information content (AvgIpc) is 2.61. The summed E-state index contributed by atoms with van der Waals surface area (Å²) < 4.78 is 0. The van der Waals surface area contributed by atoms with Crippen LogP contribution in [0.5, 0.6) is 0 Å². The summed E-state index contributed by atoms with van der Waals surface area (Å²) in [6.07, 6.45) is 2.66. The summed E-state index contributed by atoms with van der Waals surface area (Å²) in [5.41, 5.74) is 54.2. The normalized spacial score (nSPS) is 11.1. The highest BCUT2D eigenvalue weighted by molar-refractivity contribution is 6.19. The van der Waals surface area contributed by atoms with Crippen LogP contribution in [0.4, 0.5) is 51.2 Å². The van der Waals surface area contributed by atoms with Crippen molar-refractivity contribution >= 4 is 63.0 Å². The second-order valence-electron chi connectivity index (χ2n) is 5.83. The fourth-order valence-electron chi connectivity index (χ4n) is 2.56. The molecule has 0 unspecified atom stereocenters. The van der Waals surface area contributed by atoms with Crippen LogP contribution in [-0.2, 0) is 0 Å². The van der Waals surface area contributed by atoms with E-state index >= 15 is 0 Å². The predicted molar refractivity (Wildman–Crippen MR) is 111 cm³/mol. The second kappa shape index (κ2) is 6.16. The first kappa shape index (κ1) is 18.4. The molecule has 0 atom stereocenters. The SMILES string of the molecule is Cc1c(N)c(N)c(N)c(N)c1/C=C/C(=O)c1c(N)c(N)c(N)c(N)c1N. The third kappa shape index (κ3) is 2.59. The standard InChI is InChI=1S/C16H23N9O/c1-4-5(9(18)13(22)12(21)8(4)17)2-3-6(26)7-10(19)14(23)16(25)15(24)11(7)20/h2-3H,17-25H2,1H3/b3-2+. The lowest BCUT2D eigenvalue weighted by Crippen LogP contribution is -2.14. The zero-order valence-corrected chi connectivity index (χ0v) is 14.3. The number of anilines is 9. The summed E-state index contributed by atoms with van der Waals surface area (Å²) in [6.45, 7) is 1.70. The molecule has 0 spiro atoms. The number of nitrogens with two attached hydrogens (primary N) is 9. The zero-order valence-electron chi connectivity index (χ0n) is 14.3. The molecule has 2 aromatic rings. The third-order valence-corrected chi connectivity index (χ3v) is 4.32. The number of hydrogen-bond donors (Lipinski definition) is 9. The van der Waals surface area contributed by atoms with Crippen molar-refractivity contribution in [2.45, 2.75) is 6.92 Å². The molecule has 2 rings (SSSR count). The largest absolute Gasteiger partial charge is 0.397 e. The molecular formula is C16H23N9O. The molecular weight excluding hydrogens is 334 g/mol. The van der Waals surface area contributed by atoms with E-state index in [1.54, 1.807) is 6.92 Å². The van der Waals surface area contributed by atoms with Crippen molar-refractivity contribution < 1.29 is 4.79 Å². The molecule has 26 heavy (non-hydrogen) atoms. The molecule has 0 aromatic heterocycles. The summed E-state index contributed by atoms with van der Waals surface area (Å²) in [6, 6.07) is 0. The fourth-order valence-corrected chi connectivity index (χ4v) is 2.56. The van der Waals surface area contributed by atoms with Gasteiger partial charge in [0, 0.05) is 5.56 Å². The Morgan fingerprint density at radius 2 is 1.00 bits per heavy atom. The molecule has 0 radical (unpaired) electrons. The van der Waals surface area contributed by atoms with Gasteiger partial charge in [-0.1, -0.05) is 0 Å². The van der Waals surface area contributed by atoms with Crippen LogP contribution in [0.3, 0.4) is 0 Å². The van der Waals surface area contributed by atoms with E-state index in [0.717, 1.165) is 0 Å². The van der Waals surface area contributed by atoms with Gasteiger partial charge in [-0.2, -0.15) is 0 Å². The summed E-state index contributed by atoms with van der Waals surface area (Å²) in [5.74, 6) is -0.536. The summed E-state index contributed by atoms with van der Waals surface area (Å²) in [7, 11) is 0. The molecule has 0 aliphatic rings. The Hall–Kier alpha value is -3.95. The van der Waals surface area contributed by atoms with E-state index in [4.69, 9.17) is 51.6 Å². The Kier molecular flexibility index (Phi) is 4.36. The number of carbonyl (C=O) groups is 1. The monoisotopic (exact) mass is 357 g/mol. The van der Waals surface area contributed by atoms with Gasteiger partial charge in [-0.15, -0.1) is 0 Å². The molecule has 2 aromatic carbocycles. The van der Waals surface area contributed by atoms with Crippen LogP contribution in [0.2, 0.25) is 0 Å². The van der Waals surface area contributed by atoms with Crippen LogP contribution in [0.15, 0.2) is 6.08 Å². The number of ketones is 1. The molecule has 0 bridgehead atoms. The predicted octanol–water partition coefficient (Wildman–Crippen LogP) is 0.131. The summed E-state index contributed by atoms with van der Waals surface area (Å²) >= 11 is 0. The fraction of sp³-hybridized carbons (Fsp3) is 0.0625. The smallest absolute Gasteiger partial charge is 0.190 e. The Balaban J connectivity index is 2.57. The van der Waals surface area contributed by atoms with Gasteiger partial charge in [-0.3, -0.25) is 4.79 Å². The molecule has 138 valence electrons. The van der Waals surface area contributed by atoms with Crippen molar-refractivity contribution in [2.75, 3.05) is 51.6 Å². The van der Waals surface area contributed by atoms with Crippen LogP contribution in [0.25, 0.3) is 6.08 Å². The number of nitrogen functional groups attached to an aromatic ring is 9. The van der Waals surface area contributed by atoms with E-state index in [1.807, 2.05) is 0 Å². The lowest BCUT2D eigenvalue weighted by Gasteiger charge is -2.16. The maximum Gasteiger partial charge on any atom is 0.190 e. The lowest BCUT2D eigenvalue weighted by atomic mass is 9.98. The molecule has 10 heteroatoms. The average molecular weight is 357 g/mol. The summed E-state index contributed by atoms with van der Waals surface area (Å²) in [5, 5.41) is 0. The van der Waals surface area contributed by atoms with Crippen molar-refractivity contribution in [1.82, 2.24) is 0 Å². The minimum atomic E-state index is -0.536. The van der Waals surface area contributed by atoms with Crippen molar-refractivity contribution in [3.05, 3.63) is 22.8 Å². The van der Waals surface area contributed by atoms with E-state index in [2.05, 4.69) is 0 Å². The van der Waals surface area contributed by atoms with E-state index in [-0.39, 0.29) is 56.7 Å². The second-order valence-corrected chi connectivity index (χ2v) is 5.83. The molecule has 10 nitrogen and oxygen atoms in total. The Morgan fingerprint density at radius 3 is 1.50 bits per heavy atom. The van der Waals surface area contributed by atoms with Crippen LogP contribution in [0.1, 0.15) is 21.5 Å². The van der Waals surface area contributed by atoms with Crippen LogP contribution < -0.4 is 51.6 Å². The van der Waals surface area contributed by atoms with E-state index < -0.39 is 5.78 Å². The molecule has 0 aliphatic heterocycles. The Bertz CT molecular complexity index is 905. The molecule has 0 saturated heterocycles. The molecule has 0 saturated carbocycles. The minimum absolute atomic E-state index is 0.00915. The topological polar surface area (TPSA) is 251 Å². The van der Waals surface area contributed by atoms with Gasteiger partial charge < -0.3 is 51.6 Å². The molecule has 0 heterocycles. The van der Waals surface area contributed by atoms with Gasteiger partial charge in [0.15, 0.2) is 5.78 Å². The van der Waals surface area contributed by atoms with E-state index in [9.17, 15) is 4.79 Å². The van der Waals surface area contributed by atoms with Gasteiger partial charge in [-0.25, -0.2) is 0 Å². The first-order valence-electron chi connectivity index (χ1n) is 7.46. The van der Waals surface area contributed by atoms with Gasteiger partial charge in [0.25, 0.3) is 0 Å². The third-order valence-electron chi connectivity index (χ3n) is 4.32. The Labute approximate surface area is 149 Å². The molecule has 0 aliphatic carbocycles. The summed E-state index contributed by atoms with van der Waals surface area (Å²) in [4.78, 5) is 12.6. The highest BCUT2D eigenvalue weighted by Crippen LogP contribution is 2.39. The Morgan fingerprint density at radius 1 is 0.615 bits per heavy atom. The maximum atomic E-state index is 12.6. The minimum Gasteiger partial charge on any atom is -0.397 e. The number of allylic oxidation sites excluding steroid dienone is 1. The maximum absolute atomic E-state index is 12.6. The van der Waals surface area contributed by atoms with Crippen molar-refractivity contribution in [3.63, 3.8) is 0 Å². The van der Waals surface area contributed by atoms with Crippen LogP contribution in [0, 0.1) is 6.92 Å². The number of hydrogen-bond acceptors (Lipinski definition) is 10. The highest BCUT2D eigenvalue weighted by atomic mass is 16.1. The van der Waals surface area contributed by atoms with E-state index in [0.29, 0.717) is 11.1 Å². The lowest BCUT2D eigenvalue weighted by molar-refractivity contribution is 0.104. The van der Waals surface area contributed by atoms with Gasteiger partial charge in [0.1, 0.15) is 0 Å². The van der Waals surface area contributed by atoms with Gasteiger partial charge >= 0.3 is 0 Å². The zero-order chi connectivity index (χ0) is 19.9. The number of rotatable bonds is 3. The molecule has 0 fully saturated rings. The van der Waals surface area contributed by atoms with Gasteiger partial charge in [0.05, 0.1) is 56.7 Å². The highest BCUT2D eigenvalue weighted by Gasteiger charge is 2.20. The van der Waals surface area contributed by atoms with Gasteiger partial charge in [-0.05, 0) is 24.6 Å². The van der Waals surface area contributed by atoms with E-state index in [1.165, 1.54) is 12.2 Å². The first-order valence-corrected chi connectivity index (χ1v) is 7.46. The quantitative estimate of drug-likeness (QED) is 0.204. The van der Waals surface area contributed by atoms with Gasteiger partial charge in [0.2, 0.25) is 0 Å².